The third-order valence-corrected chi connectivity index (χ3v) is 3.67. The minimum absolute atomic E-state index is 0.223. The molecule has 1 aliphatic rings. The van der Waals surface area contributed by atoms with E-state index in [1.54, 1.807) is 0 Å². The SMILES string of the molecule is C[C@H](NC(=O)[C@H](N)Cc1ccccc1)C(=O)N1CC(=O)NCC1=O. The van der Waals surface area contributed by atoms with Gasteiger partial charge in [0, 0.05) is 0 Å². The van der Waals surface area contributed by atoms with Crippen LogP contribution in [0.1, 0.15) is 12.5 Å². The molecule has 1 aromatic rings. The van der Waals surface area contributed by atoms with Gasteiger partial charge in [-0.2, -0.15) is 0 Å². The molecule has 24 heavy (non-hydrogen) atoms. The fourth-order valence-corrected chi connectivity index (χ4v) is 2.33. The van der Waals surface area contributed by atoms with Crippen molar-refractivity contribution in [2.24, 2.45) is 5.73 Å². The van der Waals surface area contributed by atoms with Gasteiger partial charge in [-0.3, -0.25) is 24.1 Å². The molecule has 2 atom stereocenters. The van der Waals surface area contributed by atoms with Crippen LogP contribution in [0.2, 0.25) is 0 Å². The first-order valence-electron chi connectivity index (χ1n) is 7.59. The lowest BCUT2D eigenvalue weighted by atomic mass is 10.1. The quantitative estimate of drug-likeness (QED) is 0.609. The summed E-state index contributed by atoms with van der Waals surface area (Å²) < 4.78 is 0. The third-order valence-electron chi connectivity index (χ3n) is 3.67. The Morgan fingerprint density at radius 1 is 1.29 bits per heavy atom. The minimum atomic E-state index is -0.950. The van der Waals surface area contributed by atoms with Gasteiger partial charge in [0.1, 0.15) is 12.6 Å². The summed E-state index contributed by atoms with van der Waals surface area (Å²) in [5, 5.41) is 4.85. The second-order valence-corrected chi connectivity index (χ2v) is 5.62. The lowest BCUT2D eigenvalue weighted by Gasteiger charge is -2.28. The molecule has 0 bridgehead atoms. The molecule has 2 rings (SSSR count). The summed E-state index contributed by atoms with van der Waals surface area (Å²) in [6, 6.07) is 7.50. The maximum absolute atomic E-state index is 12.2. The van der Waals surface area contributed by atoms with E-state index in [2.05, 4.69) is 10.6 Å². The lowest BCUT2D eigenvalue weighted by molar-refractivity contribution is -0.152. The van der Waals surface area contributed by atoms with E-state index in [4.69, 9.17) is 5.73 Å². The molecule has 8 nitrogen and oxygen atoms in total. The van der Waals surface area contributed by atoms with Crippen molar-refractivity contribution in [3.05, 3.63) is 35.9 Å². The zero-order valence-corrected chi connectivity index (χ0v) is 13.3. The predicted molar refractivity (Wildman–Crippen MR) is 85.5 cm³/mol. The molecule has 1 heterocycles. The fraction of sp³-hybridized carbons (Fsp3) is 0.375. The normalized spacial score (nSPS) is 17.0. The number of hydrogen-bond donors (Lipinski definition) is 3. The average molecular weight is 332 g/mol. The Balaban J connectivity index is 1.91. The molecule has 0 saturated carbocycles. The fourth-order valence-electron chi connectivity index (χ4n) is 2.33. The molecule has 4 N–H and O–H groups in total. The largest absolute Gasteiger partial charge is 0.345 e. The molecule has 4 amide bonds. The number of nitrogens with two attached hydrogens (primary N) is 1. The lowest BCUT2D eigenvalue weighted by Crippen LogP contribution is -2.59. The predicted octanol–water partition coefficient (Wildman–Crippen LogP) is -1.45. The number of carbonyl (C=O) groups excluding carboxylic acids is 4. The smallest absolute Gasteiger partial charge is 0.251 e. The molecule has 0 aromatic heterocycles. The number of imide groups is 1. The van der Waals surface area contributed by atoms with Gasteiger partial charge >= 0.3 is 0 Å². The standard InChI is InChI=1S/C16H20N4O4/c1-10(16(24)20-9-13(21)18-8-14(20)22)19-15(23)12(17)7-11-5-3-2-4-6-11/h2-6,10,12H,7-9,17H2,1H3,(H,18,21)(H,19,23)/t10-,12+/m0/s1. The summed E-state index contributed by atoms with van der Waals surface area (Å²) in [6.45, 7) is 0.891. The van der Waals surface area contributed by atoms with Crippen LogP contribution < -0.4 is 16.4 Å². The van der Waals surface area contributed by atoms with Gasteiger partial charge in [-0.25, -0.2) is 0 Å². The number of rotatable bonds is 5. The number of nitrogens with zero attached hydrogens (tertiary/aromatic N) is 1. The van der Waals surface area contributed by atoms with E-state index in [0.717, 1.165) is 10.5 Å². The van der Waals surface area contributed by atoms with Crippen LogP contribution in [0.5, 0.6) is 0 Å². The summed E-state index contributed by atoms with van der Waals surface area (Å²) in [7, 11) is 0. The van der Waals surface area contributed by atoms with E-state index in [1.807, 2.05) is 30.3 Å². The van der Waals surface area contributed by atoms with Crippen LogP contribution in [-0.2, 0) is 25.6 Å². The first-order chi connectivity index (χ1) is 11.4. The van der Waals surface area contributed by atoms with Crippen LogP contribution in [0.15, 0.2) is 30.3 Å². The van der Waals surface area contributed by atoms with E-state index in [9.17, 15) is 19.2 Å². The molecule has 128 valence electrons. The number of piperazine rings is 1. The molecule has 1 saturated heterocycles. The summed E-state index contributed by atoms with van der Waals surface area (Å²) in [4.78, 5) is 48.2. The zero-order valence-electron chi connectivity index (χ0n) is 13.3. The van der Waals surface area contributed by atoms with Crippen LogP contribution in [0.3, 0.4) is 0 Å². The Labute approximate surface area is 139 Å². The molecule has 1 fully saturated rings. The van der Waals surface area contributed by atoms with E-state index >= 15 is 0 Å². The Hall–Kier alpha value is -2.74. The van der Waals surface area contributed by atoms with Crippen molar-refractivity contribution >= 4 is 23.6 Å². The molecule has 0 aliphatic carbocycles. The van der Waals surface area contributed by atoms with Gasteiger partial charge in [-0.15, -0.1) is 0 Å². The summed E-state index contributed by atoms with van der Waals surface area (Å²) >= 11 is 0. The van der Waals surface area contributed by atoms with Crippen molar-refractivity contribution in [3.8, 4) is 0 Å². The molecule has 0 unspecified atom stereocenters. The van der Waals surface area contributed by atoms with Gasteiger partial charge in [0.2, 0.25) is 17.7 Å². The Bertz CT molecular complexity index is 647. The molecule has 0 spiro atoms. The monoisotopic (exact) mass is 332 g/mol. The van der Waals surface area contributed by atoms with Crippen LogP contribution in [0, 0.1) is 0 Å². The van der Waals surface area contributed by atoms with Gasteiger partial charge in [-0.1, -0.05) is 30.3 Å². The van der Waals surface area contributed by atoms with Crippen molar-refractivity contribution in [3.63, 3.8) is 0 Å². The van der Waals surface area contributed by atoms with E-state index < -0.39 is 35.7 Å². The second kappa shape index (κ2) is 7.69. The Morgan fingerprint density at radius 2 is 1.96 bits per heavy atom. The van der Waals surface area contributed by atoms with E-state index in [0.29, 0.717) is 6.42 Å². The molecule has 1 aliphatic heterocycles. The van der Waals surface area contributed by atoms with Crippen molar-refractivity contribution in [1.82, 2.24) is 15.5 Å². The second-order valence-electron chi connectivity index (χ2n) is 5.62. The molecular formula is C16H20N4O4. The van der Waals surface area contributed by atoms with Crippen LogP contribution >= 0.6 is 0 Å². The molecule has 0 radical (unpaired) electrons. The molecule has 8 heteroatoms. The van der Waals surface area contributed by atoms with Crippen LogP contribution in [0.4, 0.5) is 0 Å². The number of amides is 4. The van der Waals surface area contributed by atoms with E-state index in [1.165, 1.54) is 6.92 Å². The highest BCUT2D eigenvalue weighted by molar-refractivity contribution is 6.05. The minimum Gasteiger partial charge on any atom is -0.345 e. The number of hydrogen-bond acceptors (Lipinski definition) is 5. The molecular weight excluding hydrogens is 312 g/mol. The Kier molecular flexibility index (Phi) is 5.64. The Morgan fingerprint density at radius 3 is 2.62 bits per heavy atom. The van der Waals surface area contributed by atoms with Gasteiger partial charge in [-0.05, 0) is 18.9 Å². The third kappa shape index (κ3) is 4.39. The number of benzene rings is 1. The highest BCUT2D eigenvalue weighted by atomic mass is 16.2. The first-order valence-corrected chi connectivity index (χ1v) is 7.59. The number of nitrogens with one attached hydrogen (secondary N) is 2. The summed E-state index contributed by atoms with van der Waals surface area (Å²) in [5.41, 5.74) is 6.76. The van der Waals surface area contributed by atoms with E-state index in [-0.39, 0.29) is 13.1 Å². The van der Waals surface area contributed by atoms with Gasteiger partial charge < -0.3 is 16.4 Å². The first kappa shape index (κ1) is 17.6. The summed E-state index contributed by atoms with van der Waals surface area (Å²) in [6.07, 6.45) is 0.332. The van der Waals surface area contributed by atoms with Crippen LogP contribution in [-0.4, -0.2) is 53.7 Å². The number of carbonyl (C=O) groups is 4. The van der Waals surface area contributed by atoms with Crippen molar-refractivity contribution in [2.75, 3.05) is 13.1 Å². The highest BCUT2D eigenvalue weighted by Gasteiger charge is 2.32. The maximum atomic E-state index is 12.2. The topological polar surface area (TPSA) is 122 Å². The maximum Gasteiger partial charge on any atom is 0.251 e. The molecule has 1 aromatic carbocycles. The van der Waals surface area contributed by atoms with Crippen molar-refractivity contribution < 1.29 is 19.2 Å². The summed E-state index contributed by atoms with van der Waals surface area (Å²) in [5.74, 6) is -2.04. The average Bonchev–Trinajstić information content (AvgIpc) is 2.57. The van der Waals surface area contributed by atoms with Gasteiger partial charge in [0.15, 0.2) is 0 Å². The highest BCUT2D eigenvalue weighted by Crippen LogP contribution is 2.04. The van der Waals surface area contributed by atoms with Crippen LogP contribution in [0.25, 0.3) is 0 Å². The van der Waals surface area contributed by atoms with Gasteiger partial charge in [0.05, 0.1) is 12.6 Å². The van der Waals surface area contributed by atoms with Gasteiger partial charge in [0.25, 0.3) is 5.91 Å². The van der Waals surface area contributed by atoms with Crippen molar-refractivity contribution in [2.45, 2.75) is 25.4 Å². The zero-order chi connectivity index (χ0) is 17.7. The van der Waals surface area contributed by atoms with Crippen molar-refractivity contribution in [1.29, 1.82) is 0 Å².